The second-order valence-electron chi connectivity index (χ2n) is 3.83. The number of hydrogen-bond acceptors (Lipinski definition) is 2. The maximum Gasteiger partial charge on any atom is 0.134 e. The van der Waals surface area contributed by atoms with Crippen molar-refractivity contribution in [2.24, 2.45) is 0 Å². The number of benzene rings is 1. The molecule has 1 aromatic heterocycles. The molecule has 1 aliphatic rings. The van der Waals surface area contributed by atoms with E-state index in [1.807, 2.05) is 11.3 Å². The summed E-state index contributed by atoms with van der Waals surface area (Å²) in [6.45, 7) is 0. The van der Waals surface area contributed by atoms with Crippen LogP contribution in [0.25, 0.3) is 10.1 Å². The van der Waals surface area contributed by atoms with E-state index in [0.717, 1.165) is 12.8 Å². The van der Waals surface area contributed by atoms with Crippen molar-refractivity contribution >= 4 is 27.2 Å². The van der Waals surface area contributed by atoms with Gasteiger partial charge in [0.05, 0.1) is 0 Å². The fourth-order valence-corrected chi connectivity index (χ4v) is 3.06. The van der Waals surface area contributed by atoms with Gasteiger partial charge in [-0.1, -0.05) is 18.2 Å². The Bertz CT molecular complexity index is 457. The predicted octanol–water partition coefficient (Wildman–Crippen LogP) is 3.35. The van der Waals surface area contributed by atoms with Crippen molar-refractivity contribution in [2.45, 2.75) is 18.8 Å². The first-order chi connectivity index (χ1) is 6.83. The van der Waals surface area contributed by atoms with Crippen LogP contribution in [0.15, 0.2) is 30.3 Å². The van der Waals surface area contributed by atoms with Gasteiger partial charge in [0.15, 0.2) is 0 Å². The van der Waals surface area contributed by atoms with Crippen molar-refractivity contribution < 1.29 is 4.79 Å². The second kappa shape index (κ2) is 2.92. The monoisotopic (exact) mass is 202 g/mol. The van der Waals surface area contributed by atoms with Gasteiger partial charge in [-0.15, -0.1) is 11.3 Å². The lowest BCUT2D eigenvalue weighted by molar-refractivity contribution is -0.124. The van der Waals surface area contributed by atoms with Gasteiger partial charge in [0.2, 0.25) is 0 Å². The van der Waals surface area contributed by atoms with E-state index in [2.05, 4.69) is 30.3 Å². The van der Waals surface area contributed by atoms with Crippen molar-refractivity contribution in [3.05, 3.63) is 35.2 Å². The standard InChI is InChI=1S/C12H10OS/c13-10-5-9(6-10)12-7-8-3-1-2-4-11(8)14-12/h1-4,7,9H,5-6H2. The Morgan fingerprint density at radius 2 is 2.00 bits per heavy atom. The minimum absolute atomic E-state index is 0.410. The number of hydrogen-bond donors (Lipinski definition) is 0. The predicted molar refractivity (Wildman–Crippen MR) is 58.8 cm³/mol. The summed E-state index contributed by atoms with van der Waals surface area (Å²) < 4.78 is 1.34. The molecule has 2 aromatic rings. The number of ketones is 1. The van der Waals surface area contributed by atoms with Crippen LogP contribution in [-0.4, -0.2) is 5.78 Å². The van der Waals surface area contributed by atoms with Gasteiger partial charge in [-0.05, 0) is 17.5 Å². The van der Waals surface area contributed by atoms with Crippen LogP contribution in [0.2, 0.25) is 0 Å². The molecule has 3 rings (SSSR count). The lowest BCUT2D eigenvalue weighted by Crippen LogP contribution is -2.19. The molecule has 0 saturated heterocycles. The highest BCUT2D eigenvalue weighted by molar-refractivity contribution is 7.19. The molecule has 1 saturated carbocycles. The number of fused-ring (bicyclic) bond motifs is 1. The van der Waals surface area contributed by atoms with E-state index in [9.17, 15) is 4.79 Å². The Balaban J connectivity index is 2.02. The molecule has 0 spiro atoms. The van der Waals surface area contributed by atoms with Crippen molar-refractivity contribution in [1.29, 1.82) is 0 Å². The maximum atomic E-state index is 10.9. The molecule has 0 atom stereocenters. The molecule has 1 aromatic carbocycles. The summed E-state index contributed by atoms with van der Waals surface area (Å²) in [5.41, 5.74) is 0. The van der Waals surface area contributed by atoms with Gasteiger partial charge in [0.25, 0.3) is 0 Å². The van der Waals surface area contributed by atoms with Gasteiger partial charge in [0.1, 0.15) is 5.78 Å². The van der Waals surface area contributed by atoms with Crippen LogP contribution in [0.1, 0.15) is 23.6 Å². The summed E-state index contributed by atoms with van der Waals surface area (Å²) in [7, 11) is 0. The van der Waals surface area contributed by atoms with Crippen LogP contribution < -0.4 is 0 Å². The average molecular weight is 202 g/mol. The largest absolute Gasteiger partial charge is 0.300 e. The van der Waals surface area contributed by atoms with Crippen LogP contribution >= 0.6 is 11.3 Å². The molecule has 0 unspecified atom stereocenters. The summed E-state index contributed by atoms with van der Waals surface area (Å²) in [4.78, 5) is 12.3. The first-order valence-electron chi connectivity index (χ1n) is 4.83. The van der Waals surface area contributed by atoms with E-state index >= 15 is 0 Å². The summed E-state index contributed by atoms with van der Waals surface area (Å²) in [5.74, 6) is 0.923. The third kappa shape index (κ3) is 1.18. The third-order valence-electron chi connectivity index (χ3n) is 2.80. The molecular weight excluding hydrogens is 192 g/mol. The zero-order valence-electron chi connectivity index (χ0n) is 7.69. The molecule has 0 N–H and O–H groups in total. The molecule has 1 fully saturated rings. The van der Waals surface area contributed by atoms with Gasteiger partial charge < -0.3 is 0 Å². The van der Waals surface area contributed by atoms with Crippen molar-refractivity contribution in [3.8, 4) is 0 Å². The van der Waals surface area contributed by atoms with Gasteiger partial charge >= 0.3 is 0 Å². The Labute approximate surface area is 86.4 Å². The maximum absolute atomic E-state index is 10.9. The van der Waals surface area contributed by atoms with Crippen LogP contribution in [-0.2, 0) is 4.79 Å². The normalized spacial score (nSPS) is 17.3. The first kappa shape index (κ1) is 8.18. The van der Waals surface area contributed by atoms with Crippen molar-refractivity contribution in [2.75, 3.05) is 0 Å². The Morgan fingerprint density at radius 1 is 1.21 bits per heavy atom. The van der Waals surface area contributed by atoms with E-state index in [-0.39, 0.29) is 0 Å². The zero-order valence-corrected chi connectivity index (χ0v) is 8.51. The molecule has 70 valence electrons. The molecule has 1 nitrogen and oxygen atoms in total. The molecule has 14 heavy (non-hydrogen) atoms. The molecule has 0 radical (unpaired) electrons. The van der Waals surface area contributed by atoms with E-state index in [0.29, 0.717) is 11.7 Å². The number of Topliss-reactive ketones (excluding diaryl/α,β-unsaturated/α-hetero) is 1. The topological polar surface area (TPSA) is 17.1 Å². The smallest absolute Gasteiger partial charge is 0.134 e. The molecule has 1 aliphatic carbocycles. The SMILES string of the molecule is O=C1CC(c2cc3ccccc3s2)C1. The van der Waals surface area contributed by atoms with Gasteiger partial charge in [-0.25, -0.2) is 0 Å². The highest BCUT2D eigenvalue weighted by atomic mass is 32.1. The minimum atomic E-state index is 0.410. The van der Waals surface area contributed by atoms with Crippen LogP contribution in [0.3, 0.4) is 0 Å². The fourth-order valence-electron chi connectivity index (χ4n) is 1.89. The summed E-state index contributed by atoms with van der Waals surface area (Å²) in [6.07, 6.45) is 1.51. The van der Waals surface area contributed by atoms with E-state index < -0.39 is 0 Å². The molecule has 0 bridgehead atoms. The fraction of sp³-hybridized carbons (Fsp3) is 0.250. The average Bonchev–Trinajstić information content (AvgIpc) is 2.55. The zero-order chi connectivity index (χ0) is 9.54. The highest BCUT2D eigenvalue weighted by Crippen LogP contribution is 2.39. The number of carbonyl (C=O) groups excluding carboxylic acids is 1. The molecule has 0 aliphatic heterocycles. The first-order valence-corrected chi connectivity index (χ1v) is 5.65. The van der Waals surface area contributed by atoms with Crippen molar-refractivity contribution in [1.82, 2.24) is 0 Å². The quantitative estimate of drug-likeness (QED) is 0.693. The number of carbonyl (C=O) groups is 1. The molecule has 2 heteroatoms. The Hall–Kier alpha value is -1.15. The summed E-state index contributed by atoms with van der Waals surface area (Å²) in [5, 5.41) is 1.31. The van der Waals surface area contributed by atoms with Crippen LogP contribution in [0, 0.1) is 0 Å². The summed E-state index contributed by atoms with van der Waals surface area (Å²) >= 11 is 1.83. The van der Waals surface area contributed by atoms with Crippen LogP contribution in [0.4, 0.5) is 0 Å². The summed E-state index contributed by atoms with van der Waals surface area (Å²) in [6, 6.07) is 10.6. The van der Waals surface area contributed by atoms with Crippen molar-refractivity contribution in [3.63, 3.8) is 0 Å². The lowest BCUT2D eigenvalue weighted by Gasteiger charge is -2.22. The number of thiophene rings is 1. The van der Waals surface area contributed by atoms with E-state index in [1.165, 1.54) is 15.0 Å². The van der Waals surface area contributed by atoms with Gasteiger partial charge in [-0.2, -0.15) is 0 Å². The molecular formula is C12H10OS. The Kier molecular flexibility index (Phi) is 1.71. The van der Waals surface area contributed by atoms with Gasteiger partial charge in [-0.3, -0.25) is 4.79 Å². The number of rotatable bonds is 1. The Morgan fingerprint density at radius 3 is 2.71 bits per heavy atom. The van der Waals surface area contributed by atoms with Gasteiger partial charge in [0, 0.05) is 28.3 Å². The highest BCUT2D eigenvalue weighted by Gasteiger charge is 2.29. The minimum Gasteiger partial charge on any atom is -0.300 e. The molecule has 1 heterocycles. The molecule has 0 amide bonds. The lowest BCUT2D eigenvalue weighted by atomic mass is 9.83. The second-order valence-corrected chi connectivity index (χ2v) is 4.95. The van der Waals surface area contributed by atoms with E-state index in [4.69, 9.17) is 0 Å². The van der Waals surface area contributed by atoms with E-state index in [1.54, 1.807) is 0 Å². The van der Waals surface area contributed by atoms with Crippen LogP contribution in [0.5, 0.6) is 0 Å². The third-order valence-corrected chi connectivity index (χ3v) is 4.07.